The van der Waals surface area contributed by atoms with Gasteiger partial charge in [0, 0.05) is 41.7 Å². The van der Waals surface area contributed by atoms with Crippen molar-refractivity contribution in [3.8, 4) is 11.5 Å². The molecule has 4 rings (SSSR count). The van der Waals surface area contributed by atoms with Gasteiger partial charge in [0.15, 0.2) is 0 Å². The van der Waals surface area contributed by atoms with Gasteiger partial charge in [-0.2, -0.15) is 0 Å². The van der Waals surface area contributed by atoms with Crippen LogP contribution in [0, 0.1) is 0 Å². The van der Waals surface area contributed by atoms with E-state index in [-0.39, 0.29) is 32.5 Å². The van der Waals surface area contributed by atoms with Crippen LogP contribution in [0.4, 0.5) is 11.4 Å². The molecule has 0 aromatic heterocycles. The number of nitrogens with two attached hydrogens (primary N) is 1. The molecule has 0 aliphatic carbocycles. The first kappa shape index (κ1) is 30.7. The summed E-state index contributed by atoms with van der Waals surface area (Å²) in [5, 5.41) is 21.3. The number of fused-ring (bicyclic) bond motifs is 1. The average Bonchev–Trinajstić information content (AvgIpc) is 2.99. The molecule has 0 bridgehead atoms. The third kappa shape index (κ3) is 7.94. The highest BCUT2D eigenvalue weighted by Crippen LogP contribution is 2.40. The fourth-order valence-electron chi connectivity index (χ4n) is 5.15. The molecule has 0 aliphatic heterocycles. The number of carbonyl (C=O) groups is 3. The van der Waals surface area contributed by atoms with E-state index in [4.69, 9.17) is 15.2 Å². The summed E-state index contributed by atoms with van der Waals surface area (Å²) in [6.45, 7) is -0.0214. The van der Waals surface area contributed by atoms with Crippen LogP contribution in [-0.4, -0.2) is 55.4 Å². The number of ether oxygens (including phenoxy) is 2. The van der Waals surface area contributed by atoms with Crippen LogP contribution in [0.15, 0.2) is 78.9 Å². The summed E-state index contributed by atoms with van der Waals surface area (Å²) < 4.78 is 10.5. The van der Waals surface area contributed by atoms with Gasteiger partial charge < -0.3 is 35.2 Å². The highest BCUT2D eigenvalue weighted by atomic mass is 16.5. The summed E-state index contributed by atoms with van der Waals surface area (Å²) in [5.41, 5.74) is 9.27. The quantitative estimate of drug-likeness (QED) is 0.184. The third-order valence-corrected chi connectivity index (χ3v) is 7.09. The zero-order valence-electron chi connectivity index (χ0n) is 24.2. The third-order valence-electron chi connectivity index (χ3n) is 7.09. The Balaban J connectivity index is 1.89. The van der Waals surface area contributed by atoms with E-state index < -0.39 is 17.8 Å². The summed E-state index contributed by atoms with van der Waals surface area (Å²) in [6, 6.07) is 24.1. The monoisotopic (exact) mass is 585 g/mol. The average molecular weight is 586 g/mol. The molecule has 1 amide bonds. The van der Waals surface area contributed by atoms with Crippen LogP contribution in [0.3, 0.4) is 0 Å². The van der Waals surface area contributed by atoms with Crippen molar-refractivity contribution in [1.82, 2.24) is 0 Å². The molecule has 10 nitrogen and oxygen atoms in total. The fourth-order valence-corrected chi connectivity index (χ4v) is 5.15. The molecule has 0 saturated carbocycles. The number of nitrogens with zero attached hydrogens (tertiary/aromatic N) is 2. The van der Waals surface area contributed by atoms with Gasteiger partial charge in [-0.3, -0.25) is 14.4 Å². The van der Waals surface area contributed by atoms with Gasteiger partial charge >= 0.3 is 11.9 Å². The largest absolute Gasteiger partial charge is 0.497 e. The highest BCUT2D eigenvalue weighted by molar-refractivity contribution is 6.05. The van der Waals surface area contributed by atoms with E-state index in [1.54, 1.807) is 24.0 Å². The van der Waals surface area contributed by atoms with Crippen LogP contribution >= 0.6 is 0 Å². The summed E-state index contributed by atoms with van der Waals surface area (Å²) in [5.74, 6) is -1.16. The summed E-state index contributed by atoms with van der Waals surface area (Å²) >= 11 is 0. The molecule has 10 heteroatoms. The first-order valence-corrected chi connectivity index (χ1v) is 13.7. The molecule has 0 heterocycles. The summed E-state index contributed by atoms with van der Waals surface area (Å²) in [7, 11) is 3.15. The maximum absolute atomic E-state index is 12.1. The number of anilines is 2. The Morgan fingerprint density at radius 2 is 1.21 bits per heavy atom. The van der Waals surface area contributed by atoms with Gasteiger partial charge in [0.2, 0.25) is 5.91 Å². The minimum Gasteiger partial charge on any atom is -0.497 e. The van der Waals surface area contributed by atoms with Crippen LogP contribution in [-0.2, 0) is 33.9 Å². The first-order valence-electron chi connectivity index (χ1n) is 13.7. The second kappa shape index (κ2) is 14.1. The van der Waals surface area contributed by atoms with Crippen LogP contribution in [0.1, 0.15) is 23.1 Å². The molecule has 0 saturated heterocycles. The van der Waals surface area contributed by atoms with Crippen LogP contribution < -0.4 is 25.0 Å². The van der Waals surface area contributed by atoms with Gasteiger partial charge in [0.05, 0.1) is 14.2 Å². The molecule has 0 aliphatic rings. The number of carboxylic acid groups (broad SMARTS) is 2. The molecule has 0 atom stereocenters. The lowest BCUT2D eigenvalue weighted by molar-refractivity contribution is -0.136. The highest BCUT2D eigenvalue weighted by Gasteiger charge is 2.23. The topological polar surface area (TPSA) is 143 Å². The molecular weight excluding hydrogens is 550 g/mol. The maximum atomic E-state index is 12.1. The second-order valence-electron chi connectivity index (χ2n) is 10.1. The van der Waals surface area contributed by atoms with Gasteiger partial charge in [-0.05, 0) is 53.4 Å². The number of aryl methyl sites for hydroxylation is 1. The lowest BCUT2D eigenvalue weighted by atomic mass is 9.96. The number of benzene rings is 4. The van der Waals surface area contributed by atoms with E-state index >= 15 is 0 Å². The van der Waals surface area contributed by atoms with Crippen molar-refractivity contribution in [2.24, 2.45) is 5.73 Å². The summed E-state index contributed by atoms with van der Waals surface area (Å²) in [6.07, 6.45) is 0.274. The molecule has 4 aromatic carbocycles. The van der Waals surface area contributed by atoms with Gasteiger partial charge in [0.25, 0.3) is 0 Å². The second-order valence-corrected chi connectivity index (χ2v) is 10.1. The fraction of sp³-hybridized carbons (Fsp3) is 0.242. The Labute approximate surface area is 249 Å². The smallest absolute Gasteiger partial charge is 0.323 e. The minimum absolute atomic E-state index is 0.0334. The van der Waals surface area contributed by atoms with Crippen molar-refractivity contribution >= 4 is 40.0 Å². The Bertz CT molecular complexity index is 1590. The molecule has 4 aromatic rings. The molecular formula is C33H35N3O7. The zero-order chi connectivity index (χ0) is 30.9. The number of methoxy groups -OCH3 is 2. The van der Waals surface area contributed by atoms with Crippen molar-refractivity contribution in [3.63, 3.8) is 0 Å². The van der Waals surface area contributed by atoms with Gasteiger partial charge in [-0.15, -0.1) is 0 Å². The molecule has 224 valence electrons. The number of carboxylic acids is 2. The maximum Gasteiger partial charge on any atom is 0.323 e. The number of hydrogen-bond acceptors (Lipinski definition) is 7. The minimum atomic E-state index is -1.02. The van der Waals surface area contributed by atoms with Crippen LogP contribution in [0.5, 0.6) is 11.5 Å². The number of primary amides is 1. The first-order chi connectivity index (χ1) is 20.7. The number of hydrogen-bond donors (Lipinski definition) is 3. The van der Waals surface area contributed by atoms with E-state index in [0.29, 0.717) is 35.0 Å². The van der Waals surface area contributed by atoms with E-state index in [2.05, 4.69) is 0 Å². The van der Waals surface area contributed by atoms with Crippen molar-refractivity contribution in [1.29, 1.82) is 0 Å². The Kier molecular flexibility index (Phi) is 10.1. The number of amides is 1. The normalized spacial score (nSPS) is 10.7. The summed E-state index contributed by atoms with van der Waals surface area (Å²) in [4.78, 5) is 39.6. The SMILES string of the molecule is COc1ccc(CN(CC(=O)O)c2cc(CCC(N)=O)c(N(CC(=O)O)Cc3ccc(OC)cc3)c3ccccc23)cc1. The van der Waals surface area contributed by atoms with Gasteiger partial charge in [-0.25, -0.2) is 0 Å². The number of carbonyl (C=O) groups excluding carboxylic acids is 1. The zero-order valence-corrected chi connectivity index (χ0v) is 24.2. The van der Waals surface area contributed by atoms with Gasteiger partial charge in [0.1, 0.15) is 24.6 Å². The molecule has 0 unspecified atom stereocenters. The Hall–Kier alpha value is -5.25. The lowest BCUT2D eigenvalue weighted by Crippen LogP contribution is -2.32. The van der Waals surface area contributed by atoms with Crippen molar-refractivity contribution in [2.75, 3.05) is 37.1 Å². The van der Waals surface area contributed by atoms with E-state index in [1.807, 2.05) is 78.9 Å². The van der Waals surface area contributed by atoms with Gasteiger partial charge in [-0.1, -0.05) is 48.5 Å². The Morgan fingerprint density at radius 1 is 0.721 bits per heavy atom. The number of rotatable bonds is 15. The molecule has 4 N–H and O–H groups in total. The van der Waals surface area contributed by atoms with Crippen molar-refractivity contribution in [2.45, 2.75) is 25.9 Å². The van der Waals surface area contributed by atoms with Crippen LogP contribution in [0.2, 0.25) is 0 Å². The van der Waals surface area contributed by atoms with E-state index in [9.17, 15) is 24.6 Å². The van der Waals surface area contributed by atoms with E-state index in [1.165, 1.54) is 0 Å². The molecule has 0 fully saturated rings. The molecule has 43 heavy (non-hydrogen) atoms. The van der Waals surface area contributed by atoms with Crippen molar-refractivity contribution < 1.29 is 34.1 Å². The predicted octanol–water partition coefficient (Wildman–Crippen LogP) is 4.46. The number of aliphatic carboxylic acids is 2. The van der Waals surface area contributed by atoms with Crippen molar-refractivity contribution in [3.05, 3.63) is 95.6 Å². The lowest BCUT2D eigenvalue weighted by Gasteiger charge is -2.31. The van der Waals surface area contributed by atoms with E-state index in [0.717, 1.165) is 21.9 Å². The molecule has 0 spiro atoms. The predicted molar refractivity (Wildman–Crippen MR) is 165 cm³/mol. The standard InChI is InChI=1S/C33H35N3O7/c1-42-25-12-7-22(8-13-25)18-35(20-31(38)39)29-17-24(11-16-30(34)37)33(28-6-4-3-5-27(28)29)36(21-32(40)41)19-23-9-14-26(43-2)15-10-23/h3-10,12-15,17H,11,16,18-21H2,1-2H3,(H2,34,37)(H,38,39)(H,40,41). The molecule has 0 radical (unpaired) electrons. The Morgan fingerprint density at radius 3 is 1.70 bits per heavy atom. The van der Waals surface area contributed by atoms with Crippen LogP contribution in [0.25, 0.3) is 10.8 Å².